The molecule has 0 aliphatic heterocycles. The Kier molecular flexibility index (Phi) is 7.67. The van der Waals surface area contributed by atoms with E-state index in [1.54, 1.807) is 24.5 Å². The first kappa shape index (κ1) is 20.4. The molecule has 1 rings (SSSR count). The maximum atomic E-state index is 12.7. The molecule has 0 atom stereocenters. The second kappa shape index (κ2) is 9.02. The molecule has 0 fully saturated rings. The molecule has 5 heteroatoms. The van der Waals surface area contributed by atoms with E-state index in [4.69, 9.17) is 5.73 Å². The number of unbranched alkanes of at least 4 members (excludes halogenated alkanes) is 1. The fraction of sp³-hybridized carbons (Fsp3) is 0.579. The van der Waals surface area contributed by atoms with Crippen molar-refractivity contribution in [2.45, 2.75) is 60.3 Å². The van der Waals surface area contributed by atoms with Gasteiger partial charge in [0, 0.05) is 28.4 Å². The topological polar surface area (TPSA) is 67.5 Å². The zero-order valence-corrected chi connectivity index (χ0v) is 16.6. The van der Waals surface area contributed by atoms with Gasteiger partial charge in [-0.05, 0) is 30.9 Å². The molecular weight excluding hydrogens is 318 g/mol. The molecule has 0 aliphatic carbocycles. The summed E-state index contributed by atoms with van der Waals surface area (Å²) in [5.74, 6) is 0.397. The minimum absolute atomic E-state index is 0.101. The van der Waals surface area contributed by atoms with E-state index < -0.39 is 0 Å². The van der Waals surface area contributed by atoms with Crippen molar-refractivity contribution in [3.63, 3.8) is 0 Å². The number of hydrogen-bond acceptors (Lipinski definition) is 4. The van der Waals surface area contributed by atoms with Crippen LogP contribution in [0.25, 0.3) is 0 Å². The van der Waals surface area contributed by atoms with Crippen molar-refractivity contribution < 1.29 is 4.79 Å². The molecule has 0 radical (unpaired) electrons. The predicted octanol–water partition coefficient (Wildman–Crippen LogP) is 4.30. The van der Waals surface area contributed by atoms with Crippen molar-refractivity contribution >= 4 is 23.1 Å². The first-order chi connectivity index (χ1) is 11.2. The number of nitrogens with one attached hydrogen (secondary N) is 1. The number of aryl methyl sites for hydroxylation is 1. The van der Waals surface area contributed by atoms with Gasteiger partial charge in [0.15, 0.2) is 0 Å². The van der Waals surface area contributed by atoms with Gasteiger partial charge >= 0.3 is 0 Å². The van der Waals surface area contributed by atoms with Crippen molar-refractivity contribution in [1.82, 2.24) is 5.32 Å². The summed E-state index contributed by atoms with van der Waals surface area (Å²) >= 11 is 1.67. The molecule has 24 heavy (non-hydrogen) atoms. The molecule has 134 valence electrons. The molecule has 0 aliphatic rings. The van der Waals surface area contributed by atoms with Crippen LogP contribution < -0.4 is 11.1 Å². The summed E-state index contributed by atoms with van der Waals surface area (Å²) in [5, 5.41) is 4.86. The maximum Gasteiger partial charge on any atom is 0.257 e. The third-order valence-electron chi connectivity index (χ3n) is 3.97. The Labute approximate surface area is 150 Å². The summed E-state index contributed by atoms with van der Waals surface area (Å²) in [6.45, 7) is 10.4. The van der Waals surface area contributed by atoms with Crippen LogP contribution in [-0.2, 0) is 12.8 Å². The van der Waals surface area contributed by atoms with E-state index in [0.717, 1.165) is 31.2 Å². The van der Waals surface area contributed by atoms with Crippen LogP contribution in [0.15, 0.2) is 22.1 Å². The van der Waals surface area contributed by atoms with Crippen molar-refractivity contribution in [2.75, 3.05) is 7.05 Å². The van der Waals surface area contributed by atoms with Crippen LogP contribution in [0.4, 0.5) is 0 Å². The Morgan fingerprint density at radius 2 is 2.04 bits per heavy atom. The molecule has 1 heterocycles. The van der Waals surface area contributed by atoms with Gasteiger partial charge in [-0.25, -0.2) is 0 Å². The molecule has 0 saturated carbocycles. The minimum atomic E-state index is -0.162. The zero-order valence-electron chi connectivity index (χ0n) is 15.8. The van der Waals surface area contributed by atoms with Crippen molar-refractivity contribution in [3.8, 4) is 0 Å². The van der Waals surface area contributed by atoms with E-state index in [-0.39, 0.29) is 11.3 Å². The number of rotatable bonds is 6. The first-order valence-electron chi connectivity index (χ1n) is 8.59. The van der Waals surface area contributed by atoms with Gasteiger partial charge in [-0.2, -0.15) is 0 Å². The lowest BCUT2D eigenvalue weighted by atomic mass is 9.92. The summed E-state index contributed by atoms with van der Waals surface area (Å²) in [4.78, 5) is 18.2. The average molecular weight is 350 g/mol. The lowest BCUT2D eigenvalue weighted by molar-refractivity contribution is 0.0976. The van der Waals surface area contributed by atoms with Gasteiger partial charge < -0.3 is 11.1 Å². The lowest BCUT2D eigenvalue weighted by Crippen LogP contribution is -2.31. The summed E-state index contributed by atoms with van der Waals surface area (Å²) in [5.41, 5.74) is 8.58. The molecule has 3 N–H and O–H groups in total. The number of hydrogen-bond donors (Lipinski definition) is 2. The Morgan fingerprint density at radius 3 is 2.54 bits per heavy atom. The van der Waals surface area contributed by atoms with Gasteiger partial charge in [-0.1, -0.05) is 41.0 Å². The van der Waals surface area contributed by atoms with Crippen molar-refractivity contribution in [1.29, 1.82) is 0 Å². The van der Waals surface area contributed by atoms with Crippen LogP contribution >= 0.6 is 11.3 Å². The van der Waals surface area contributed by atoms with Crippen LogP contribution in [-0.4, -0.2) is 18.8 Å². The highest BCUT2D eigenvalue weighted by Crippen LogP contribution is 2.25. The van der Waals surface area contributed by atoms with Crippen molar-refractivity contribution in [2.24, 2.45) is 16.1 Å². The van der Waals surface area contributed by atoms with E-state index in [2.05, 4.69) is 24.2 Å². The minimum Gasteiger partial charge on any atom is -0.401 e. The number of aliphatic imine (C=N–C) groups is 1. The first-order valence-corrected chi connectivity index (χ1v) is 9.47. The van der Waals surface area contributed by atoms with E-state index in [1.165, 1.54) is 10.4 Å². The monoisotopic (exact) mass is 349 g/mol. The van der Waals surface area contributed by atoms with E-state index in [9.17, 15) is 4.79 Å². The molecule has 1 amide bonds. The van der Waals surface area contributed by atoms with Gasteiger partial charge in [-0.15, -0.1) is 11.3 Å². The fourth-order valence-corrected chi connectivity index (χ4v) is 3.27. The number of amidine groups is 1. The number of amides is 1. The Bertz CT molecular complexity index is 621. The summed E-state index contributed by atoms with van der Waals surface area (Å²) < 4.78 is 0. The highest BCUT2D eigenvalue weighted by atomic mass is 32.1. The number of nitrogens with zero attached hydrogens (tertiary/aromatic N) is 1. The van der Waals surface area contributed by atoms with E-state index in [0.29, 0.717) is 11.5 Å². The SMILES string of the molecule is CCCCc1c(C(=O)NC(/C=C(\N)C(C)(C)C)=NC)csc1CC. The summed E-state index contributed by atoms with van der Waals surface area (Å²) in [7, 11) is 1.66. The summed E-state index contributed by atoms with van der Waals surface area (Å²) in [6.07, 6.45) is 5.87. The number of nitrogens with two attached hydrogens (primary N) is 1. The van der Waals surface area contributed by atoms with Crippen LogP contribution in [0, 0.1) is 5.41 Å². The zero-order chi connectivity index (χ0) is 18.3. The number of carbonyl (C=O) groups is 1. The van der Waals surface area contributed by atoms with Gasteiger partial charge in [0.05, 0.1) is 5.56 Å². The molecule has 1 aromatic rings. The molecular formula is C19H31N3OS. The second-order valence-corrected chi connectivity index (χ2v) is 7.89. The molecule has 1 aromatic heterocycles. The quantitative estimate of drug-likeness (QED) is 0.594. The van der Waals surface area contributed by atoms with Crippen LogP contribution in [0.2, 0.25) is 0 Å². The second-order valence-electron chi connectivity index (χ2n) is 6.92. The standard InChI is InChI=1S/C19H31N3OS/c1-7-9-10-13-14(12-24-15(13)8-2)18(23)22-17(21-6)11-16(20)19(3,4)5/h11-12H,7-10,20H2,1-6H3,(H,21,22,23)/b16-11-. The van der Waals surface area contributed by atoms with Gasteiger partial charge in [0.25, 0.3) is 5.91 Å². The lowest BCUT2D eigenvalue weighted by Gasteiger charge is -2.19. The Balaban J connectivity index is 3.00. The molecule has 0 unspecified atom stereocenters. The fourth-order valence-electron chi connectivity index (χ4n) is 2.24. The van der Waals surface area contributed by atoms with Crippen LogP contribution in [0.5, 0.6) is 0 Å². The van der Waals surface area contributed by atoms with E-state index >= 15 is 0 Å². The highest BCUT2D eigenvalue weighted by Gasteiger charge is 2.19. The molecule has 0 bridgehead atoms. The molecule has 0 aromatic carbocycles. The Morgan fingerprint density at radius 1 is 1.38 bits per heavy atom. The largest absolute Gasteiger partial charge is 0.401 e. The average Bonchev–Trinajstić information content (AvgIpc) is 2.93. The number of carbonyl (C=O) groups excluding carboxylic acids is 1. The van der Waals surface area contributed by atoms with Gasteiger partial charge in [0.2, 0.25) is 0 Å². The van der Waals surface area contributed by atoms with Gasteiger partial charge in [-0.3, -0.25) is 9.79 Å². The van der Waals surface area contributed by atoms with Crippen molar-refractivity contribution in [3.05, 3.63) is 33.2 Å². The highest BCUT2D eigenvalue weighted by molar-refractivity contribution is 7.10. The van der Waals surface area contributed by atoms with Crippen LogP contribution in [0.3, 0.4) is 0 Å². The number of thiophene rings is 1. The maximum absolute atomic E-state index is 12.7. The molecule has 0 spiro atoms. The number of allylic oxidation sites excluding steroid dienone is 1. The predicted molar refractivity (Wildman–Crippen MR) is 105 cm³/mol. The third-order valence-corrected chi connectivity index (χ3v) is 5.14. The van der Waals surface area contributed by atoms with Crippen LogP contribution in [0.1, 0.15) is 68.3 Å². The third kappa shape index (κ3) is 5.48. The van der Waals surface area contributed by atoms with E-state index in [1.807, 2.05) is 26.2 Å². The normalized spacial score (nSPS) is 13.2. The van der Waals surface area contributed by atoms with Gasteiger partial charge in [0.1, 0.15) is 5.84 Å². The molecule has 0 saturated heterocycles. The summed E-state index contributed by atoms with van der Waals surface area (Å²) in [6, 6.07) is 0. The Hall–Kier alpha value is -1.62. The smallest absolute Gasteiger partial charge is 0.257 e. The molecule has 4 nitrogen and oxygen atoms in total.